The number of hydrogen-bond acceptors (Lipinski definition) is 12. The molecule has 52 heavy (non-hydrogen) atoms. The summed E-state index contributed by atoms with van der Waals surface area (Å²) >= 11 is 0. The van der Waals surface area contributed by atoms with Gasteiger partial charge in [0, 0.05) is 49.9 Å². The Kier molecular flexibility index (Phi) is 11.9. The van der Waals surface area contributed by atoms with Gasteiger partial charge in [-0.15, -0.1) is 0 Å². The molecular formula is C40H32O12. The first-order valence-corrected chi connectivity index (χ1v) is 15.7. The lowest BCUT2D eigenvalue weighted by atomic mass is 10.2. The molecule has 0 aliphatic heterocycles. The highest BCUT2D eigenvalue weighted by Gasteiger charge is 2.07. The highest BCUT2D eigenvalue weighted by molar-refractivity contribution is 5.87. The van der Waals surface area contributed by atoms with E-state index in [1.54, 1.807) is 79.6 Å². The van der Waals surface area contributed by atoms with E-state index in [0.717, 1.165) is 38.3 Å². The Morgan fingerprint density at radius 1 is 0.423 bits per heavy atom. The Morgan fingerprint density at radius 3 is 1.69 bits per heavy atom. The summed E-state index contributed by atoms with van der Waals surface area (Å²) in [5.41, 5.74) is 2.84. The first-order valence-electron chi connectivity index (χ1n) is 15.7. The number of furan rings is 4. The van der Waals surface area contributed by atoms with Crippen molar-refractivity contribution in [3.63, 3.8) is 0 Å². The lowest BCUT2D eigenvalue weighted by Gasteiger charge is -2.00. The minimum absolute atomic E-state index is 0.317. The standard InChI is InChI=1S/4C10H8O3/c1-7(11)13-9-2-3-10-8(6-9)4-5-12-10;1-7(11)13-9-3-2-8-4-5-12-10(8)6-9;1-7(11)13-10-4-2-3-9-8(10)5-6-12-9;1-7(11)13-9-4-2-3-8-5-6-12-10(8)9/h4*2-6H,1H3. The van der Waals surface area contributed by atoms with Gasteiger partial charge in [0.25, 0.3) is 0 Å². The molecule has 8 aromatic rings. The molecule has 4 heterocycles. The molecule has 12 heteroatoms. The van der Waals surface area contributed by atoms with Crippen molar-refractivity contribution >= 4 is 67.8 Å². The minimum atomic E-state index is -0.344. The maximum Gasteiger partial charge on any atom is 0.308 e. The fourth-order valence-electron chi connectivity index (χ4n) is 4.75. The molecule has 12 nitrogen and oxygen atoms in total. The van der Waals surface area contributed by atoms with Gasteiger partial charge < -0.3 is 36.6 Å². The molecule has 0 aliphatic carbocycles. The van der Waals surface area contributed by atoms with Crippen molar-refractivity contribution in [2.75, 3.05) is 0 Å². The average molecular weight is 705 g/mol. The van der Waals surface area contributed by atoms with Gasteiger partial charge in [-0.2, -0.15) is 0 Å². The lowest BCUT2D eigenvalue weighted by molar-refractivity contribution is -0.132. The monoisotopic (exact) mass is 704 g/mol. The Hall–Kier alpha value is -7.08. The number of ether oxygens (including phenoxy) is 4. The third-order valence-electron chi connectivity index (χ3n) is 6.78. The van der Waals surface area contributed by atoms with Gasteiger partial charge in [-0.1, -0.05) is 18.2 Å². The molecule has 264 valence electrons. The van der Waals surface area contributed by atoms with Gasteiger partial charge in [-0.3, -0.25) is 19.2 Å². The largest absolute Gasteiger partial charge is 0.464 e. The maximum absolute atomic E-state index is 10.7. The van der Waals surface area contributed by atoms with E-state index in [1.165, 1.54) is 27.7 Å². The van der Waals surface area contributed by atoms with Crippen LogP contribution >= 0.6 is 0 Å². The number of hydrogen-bond donors (Lipinski definition) is 0. The van der Waals surface area contributed by atoms with Crippen LogP contribution in [-0.2, 0) is 19.2 Å². The van der Waals surface area contributed by atoms with Crippen LogP contribution in [0.4, 0.5) is 0 Å². The Labute approximate surface area is 296 Å². The summed E-state index contributed by atoms with van der Waals surface area (Å²) in [4.78, 5) is 42.7. The third kappa shape index (κ3) is 9.98. The van der Waals surface area contributed by atoms with E-state index in [-0.39, 0.29) is 23.9 Å². The van der Waals surface area contributed by atoms with Gasteiger partial charge in [-0.25, -0.2) is 0 Å². The number of esters is 4. The van der Waals surface area contributed by atoms with Crippen LogP contribution in [0.1, 0.15) is 27.7 Å². The van der Waals surface area contributed by atoms with Crippen molar-refractivity contribution in [3.8, 4) is 23.0 Å². The number of fused-ring (bicyclic) bond motifs is 4. The number of para-hydroxylation sites is 1. The number of carbonyl (C=O) groups is 4. The van der Waals surface area contributed by atoms with Gasteiger partial charge >= 0.3 is 23.9 Å². The number of benzene rings is 4. The van der Waals surface area contributed by atoms with E-state index >= 15 is 0 Å². The lowest BCUT2D eigenvalue weighted by Crippen LogP contribution is -2.01. The molecule has 0 N–H and O–H groups in total. The summed E-state index contributed by atoms with van der Waals surface area (Å²) in [6, 6.07) is 28.5. The molecule has 0 bridgehead atoms. The second kappa shape index (κ2) is 17.0. The fraction of sp³-hybridized carbons (Fsp3) is 0.100. The molecule has 4 aromatic heterocycles. The molecule has 0 fully saturated rings. The molecule has 0 amide bonds. The Morgan fingerprint density at radius 2 is 0.962 bits per heavy atom. The quantitative estimate of drug-likeness (QED) is 0.126. The molecular weight excluding hydrogens is 672 g/mol. The summed E-state index contributed by atoms with van der Waals surface area (Å²) in [5.74, 6) is 0.747. The fourth-order valence-corrected chi connectivity index (χ4v) is 4.75. The van der Waals surface area contributed by atoms with Gasteiger partial charge in [0.05, 0.1) is 30.4 Å². The van der Waals surface area contributed by atoms with Crippen LogP contribution < -0.4 is 18.9 Å². The minimum Gasteiger partial charge on any atom is -0.464 e. The smallest absolute Gasteiger partial charge is 0.308 e. The number of carbonyl (C=O) groups excluding carboxylic acids is 4. The van der Waals surface area contributed by atoms with Crippen molar-refractivity contribution in [2.45, 2.75) is 27.7 Å². The Balaban J connectivity index is 0.000000134. The second-order valence-corrected chi connectivity index (χ2v) is 10.8. The Bertz CT molecular complexity index is 2280. The predicted molar refractivity (Wildman–Crippen MR) is 190 cm³/mol. The van der Waals surface area contributed by atoms with E-state index in [1.807, 2.05) is 42.5 Å². The van der Waals surface area contributed by atoms with Gasteiger partial charge in [0.15, 0.2) is 11.3 Å². The van der Waals surface area contributed by atoms with Crippen LogP contribution in [0.25, 0.3) is 43.9 Å². The number of rotatable bonds is 4. The molecule has 8 rings (SSSR count). The van der Waals surface area contributed by atoms with Gasteiger partial charge in [0.2, 0.25) is 0 Å². The van der Waals surface area contributed by atoms with E-state index in [4.69, 9.17) is 36.6 Å². The highest BCUT2D eigenvalue weighted by atomic mass is 16.5. The van der Waals surface area contributed by atoms with Crippen molar-refractivity contribution in [2.24, 2.45) is 0 Å². The molecule has 4 aromatic carbocycles. The topological polar surface area (TPSA) is 158 Å². The van der Waals surface area contributed by atoms with Crippen molar-refractivity contribution in [1.82, 2.24) is 0 Å². The van der Waals surface area contributed by atoms with E-state index in [9.17, 15) is 19.2 Å². The van der Waals surface area contributed by atoms with E-state index in [2.05, 4.69) is 0 Å². The van der Waals surface area contributed by atoms with Gasteiger partial charge in [-0.05, 0) is 72.8 Å². The molecule has 0 atom stereocenters. The zero-order chi connectivity index (χ0) is 37.0. The zero-order valence-electron chi connectivity index (χ0n) is 28.4. The summed E-state index contributed by atoms with van der Waals surface area (Å²) in [6.07, 6.45) is 6.33. The van der Waals surface area contributed by atoms with Crippen LogP contribution in [-0.4, -0.2) is 23.9 Å². The van der Waals surface area contributed by atoms with Crippen LogP contribution in [0, 0.1) is 0 Å². The maximum atomic E-state index is 10.7. The predicted octanol–water partition coefficient (Wildman–Crippen LogP) is 9.43. The molecule has 0 saturated heterocycles. The molecule has 0 spiro atoms. The van der Waals surface area contributed by atoms with Crippen LogP contribution in [0.2, 0.25) is 0 Å². The highest BCUT2D eigenvalue weighted by Crippen LogP contribution is 2.27. The summed E-state index contributed by atoms with van der Waals surface area (Å²) in [7, 11) is 0. The normalized spacial score (nSPS) is 10.2. The van der Waals surface area contributed by atoms with Crippen LogP contribution in [0.15, 0.2) is 140 Å². The van der Waals surface area contributed by atoms with E-state index in [0.29, 0.717) is 28.6 Å². The van der Waals surface area contributed by atoms with Crippen LogP contribution in [0.3, 0.4) is 0 Å². The second-order valence-electron chi connectivity index (χ2n) is 10.8. The summed E-state index contributed by atoms with van der Waals surface area (Å²) in [5, 5.41) is 3.67. The molecule has 0 radical (unpaired) electrons. The zero-order valence-corrected chi connectivity index (χ0v) is 28.4. The van der Waals surface area contributed by atoms with E-state index < -0.39 is 0 Å². The first-order chi connectivity index (χ1) is 25.0. The summed E-state index contributed by atoms with van der Waals surface area (Å²) < 4.78 is 40.4. The van der Waals surface area contributed by atoms with Gasteiger partial charge in [0.1, 0.15) is 34.0 Å². The summed E-state index contributed by atoms with van der Waals surface area (Å²) in [6.45, 7) is 5.48. The van der Waals surface area contributed by atoms with Crippen molar-refractivity contribution in [1.29, 1.82) is 0 Å². The van der Waals surface area contributed by atoms with Crippen molar-refractivity contribution in [3.05, 3.63) is 122 Å². The average Bonchev–Trinajstić information content (AvgIpc) is 3.92. The molecule has 0 saturated carbocycles. The third-order valence-corrected chi connectivity index (χ3v) is 6.78. The molecule has 0 unspecified atom stereocenters. The first kappa shape index (κ1) is 36.2. The SMILES string of the molecule is CC(=O)Oc1ccc2ccoc2c1.CC(=O)Oc1ccc2occc2c1.CC(=O)Oc1cccc2ccoc12.CC(=O)Oc1cccc2occc12. The van der Waals surface area contributed by atoms with Crippen LogP contribution in [0.5, 0.6) is 23.0 Å². The van der Waals surface area contributed by atoms with Crippen molar-refractivity contribution < 1.29 is 55.8 Å². The molecule has 0 aliphatic rings.